The highest BCUT2D eigenvalue weighted by molar-refractivity contribution is 7.80. The average molecular weight is 277 g/mol. The van der Waals surface area contributed by atoms with Crippen molar-refractivity contribution in [2.75, 3.05) is 11.9 Å². The van der Waals surface area contributed by atoms with Gasteiger partial charge in [0.15, 0.2) is 0 Å². The third-order valence-corrected chi connectivity index (χ3v) is 4.35. The smallest absolute Gasteiger partial charge is 0.129 e. The molecule has 0 radical (unpaired) electrons. The van der Waals surface area contributed by atoms with E-state index in [0.29, 0.717) is 11.0 Å². The number of hydrogen-bond donors (Lipinski definition) is 1. The van der Waals surface area contributed by atoms with Crippen LogP contribution in [0.1, 0.15) is 43.9 Å². The highest BCUT2D eigenvalue weighted by Gasteiger charge is 2.22. The van der Waals surface area contributed by atoms with Gasteiger partial charge in [0.05, 0.1) is 0 Å². The SMILES string of the molecule is Cc1cc(C(N)=S)cc(N(C)C2CCC(C)CC2)n1. The molecule has 0 atom stereocenters. The number of nitrogens with zero attached hydrogens (tertiary/aromatic N) is 2. The van der Waals surface area contributed by atoms with Gasteiger partial charge in [-0.1, -0.05) is 19.1 Å². The number of aryl methyl sites for hydroxylation is 1. The molecule has 0 bridgehead atoms. The molecule has 3 nitrogen and oxygen atoms in total. The van der Waals surface area contributed by atoms with Crippen molar-refractivity contribution < 1.29 is 0 Å². The van der Waals surface area contributed by atoms with Crippen molar-refractivity contribution in [1.82, 2.24) is 4.98 Å². The van der Waals surface area contributed by atoms with Gasteiger partial charge in [-0.2, -0.15) is 0 Å². The summed E-state index contributed by atoms with van der Waals surface area (Å²) in [5.41, 5.74) is 7.61. The number of rotatable bonds is 3. The van der Waals surface area contributed by atoms with Crippen LogP contribution in [0.4, 0.5) is 5.82 Å². The monoisotopic (exact) mass is 277 g/mol. The Balaban J connectivity index is 2.18. The van der Waals surface area contributed by atoms with E-state index in [9.17, 15) is 0 Å². The highest BCUT2D eigenvalue weighted by atomic mass is 32.1. The Morgan fingerprint density at radius 2 is 1.95 bits per heavy atom. The fourth-order valence-electron chi connectivity index (χ4n) is 2.79. The van der Waals surface area contributed by atoms with Crippen LogP contribution in [-0.4, -0.2) is 23.1 Å². The Morgan fingerprint density at radius 3 is 2.53 bits per heavy atom. The van der Waals surface area contributed by atoms with Crippen LogP contribution in [0.15, 0.2) is 12.1 Å². The number of nitrogens with two attached hydrogens (primary N) is 1. The first kappa shape index (κ1) is 14.3. The molecule has 1 aliphatic carbocycles. The summed E-state index contributed by atoms with van der Waals surface area (Å²) in [6, 6.07) is 4.54. The molecule has 1 aliphatic rings. The maximum atomic E-state index is 5.73. The topological polar surface area (TPSA) is 42.1 Å². The maximum Gasteiger partial charge on any atom is 0.129 e. The normalized spacial score (nSPS) is 23.1. The summed E-state index contributed by atoms with van der Waals surface area (Å²) in [6.07, 6.45) is 5.11. The van der Waals surface area contributed by atoms with E-state index in [-0.39, 0.29) is 0 Å². The standard InChI is InChI=1S/C15H23N3S/c1-10-4-6-13(7-5-10)18(3)14-9-12(15(16)19)8-11(2)17-14/h8-10,13H,4-7H2,1-3H3,(H2,16,19). The Hall–Kier alpha value is -1.16. The number of hydrogen-bond acceptors (Lipinski definition) is 3. The summed E-state index contributed by atoms with van der Waals surface area (Å²) >= 11 is 5.07. The van der Waals surface area contributed by atoms with Crippen LogP contribution >= 0.6 is 12.2 Å². The summed E-state index contributed by atoms with van der Waals surface area (Å²) in [6.45, 7) is 4.33. The Bertz CT molecular complexity index is 464. The molecule has 1 aromatic heterocycles. The molecular formula is C15H23N3S. The molecule has 0 aliphatic heterocycles. The van der Waals surface area contributed by atoms with Gasteiger partial charge in [0, 0.05) is 24.3 Å². The Morgan fingerprint density at radius 1 is 1.32 bits per heavy atom. The molecule has 104 valence electrons. The lowest BCUT2D eigenvalue weighted by Crippen LogP contribution is -2.35. The highest BCUT2D eigenvalue weighted by Crippen LogP contribution is 2.29. The van der Waals surface area contributed by atoms with E-state index in [1.54, 1.807) is 0 Å². The molecule has 2 rings (SSSR count). The first-order chi connectivity index (χ1) is 8.97. The van der Waals surface area contributed by atoms with Gasteiger partial charge in [-0.15, -0.1) is 0 Å². The van der Waals surface area contributed by atoms with Crippen molar-refractivity contribution in [3.8, 4) is 0 Å². The predicted molar refractivity (Wildman–Crippen MR) is 84.7 cm³/mol. The maximum absolute atomic E-state index is 5.73. The van der Waals surface area contributed by atoms with Crippen molar-refractivity contribution in [3.05, 3.63) is 23.4 Å². The van der Waals surface area contributed by atoms with Gasteiger partial charge in [-0.05, 0) is 50.7 Å². The van der Waals surface area contributed by atoms with E-state index >= 15 is 0 Å². The third kappa shape index (κ3) is 3.44. The molecule has 1 fully saturated rings. The van der Waals surface area contributed by atoms with Crippen molar-refractivity contribution in [2.45, 2.75) is 45.6 Å². The van der Waals surface area contributed by atoms with E-state index in [4.69, 9.17) is 18.0 Å². The zero-order valence-electron chi connectivity index (χ0n) is 12.0. The Kier molecular flexibility index (Phi) is 4.40. The number of pyridine rings is 1. The molecule has 1 saturated carbocycles. The summed E-state index contributed by atoms with van der Waals surface area (Å²) in [5.74, 6) is 1.85. The number of thiocarbonyl (C=S) groups is 1. The minimum Gasteiger partial charge on any atom is -0.389 e. The summed E-state index contributed by atoms with van der Waals surface area (Å²) in [4.78, 5) is 7.36. The molecule has 1 aromatic rings. The molecule has 0 aromatic carbocycles. The predicted octanol–water partition coefficient (Wildman–Crippen LogP) is 3.04. The van der Waals surface area contributed by atoms with Gasteiger partial charge in [-0.25, -0.2) is 4.98 Å². The van der Waals surface area contributed by atoms with Crippen LogP contribution in [-0.2, 0) is 0 Å². The molecule has 0 unspecified atom stereocenters. The Labute approximate surface area is 121 Å². The van der Waals surface area contributed by atoms with Crippen LogP contribution in [0, 0.1) is 12.8 Å². The largest absolute Gasteiger partial charge is 0.389 e. The minimum atomic E-state index is 0.442. The zero-order chi connectivity index (χ0) is 14.0. The second-order valence-electron chi connectivity index (χ2n) is 5.74. The van der Waals surface area contributed by atoms with Gasteiger partial charge in [0.25, 0.3) is 0 Å². The van der Waals surface area contributed by atoms with Crippen molar-refractivity contribution in [3.63, 3.8) is 0 Å². The van der Waals surface area contributed by atoms with E-state index in [2.05, 4.69) is 23.9 Å². The zero-order valence-corrected chi connectivity index (χ0v) is 12.8. The second kappa shape index (κ2) is 5.87. The van der Waals surface area contributed by atoms with Crippen molar-refractivity contribution in [2.24, 2.45) is 11.7 Å². The van der Waals surface area contributed by atoms with Crippen LogP contribution in [0.2, 0.25) is 0 Å². The third-order valence-electron chi connectivity index (χ3n) is 4.12. The van der Waals surface area contributed by atoms with E-state index in [1.807, 2.05) is 19.1 Å². The first-order valence-corrected chi connectivity index (χ1v) is 7.39. The number of anilines is 1. The van der Waals surface area contributed by atoms with Crippen molar-refractivity contribution >= 4 is 23.0 Å². The van der Waals surface area contributed by atoms with E-state index in [1.165, 1.54) is 25.7 Å². The van der Waals surface area contributed by atoms with Crippen LogP contribution in [0.3, 0.4) is 0 Å². The summed E-state index contributed by atoms with van der Waals surface area (Å²) in [5, 5.41) is 0. The summed E-state index contributed by atoms with van der Waals surface area (Å²) < 4.78 is 0. The van der Waals surface area contributed by atoms with Crippen LogP contribution in [0.25, 0.3) is 0 Å². The average Bonchev–Trinajstić information content (AvgIpc) is 2.38. The quantitative estimate of drug-likeness (QED) is 0.862. The molecule has 0 spiro atoms. The van der Waals surface area contributed by atoms with Gasteiger partial charge < -0.3 is 10.6 Å². The molecular weight excluding hydrogens is 254 g/mol. The minimum absolute atomic E-state index is 0.442. The molecule has 4 heteroatoms. The van der Waals surface area contributed by atoms with Gasteiger partial charge in [0.1, 0.15) is 10.8 Å². The molecule has 1 heterocycles. The summed E-state index contributed by atoms with van der Waals surface area (Å²) in [7, 11) is 2.13. The van der Waals surface area contributed by atoms with E-state index < -0.39 is 0 Å². The van der Waals surface area contributed by atoms with Gasteiger partial charge in [-0.3, -0.25) is 0 Å². The number of aromatic nitrogens is 1. The fraction of sp³-hybridized carbons (Fsp3) is 0.600. The van der Waals surface area contributed by atoms with Gasteiger partial charge in [0.2, 0.25) is 0 Å². The van der Waals surface area contributed by atoms with E-state index in [0.717, 1.165) is 23.0 Å². The van der Waals surface area contributed by atoms with Crippen LogP contribution in [0.5, 0.6) is 0 Å². The molecule has 2 N–H and O–H groups in total. The molecule has 19 heavy (non-hydrogen) atoms. The molecule has 0 saturated heterocycles. The van der Waals surface area contributed by atoms with Gasteiger partial charge >= 0.3 is 0 Å². The fourth-order valence-corrected chi connectivity index (χ4v) is 2.91. The lowest BCUT2D eigenvalue weighted by Gasteiger charge is -2.34. The first-order valence-electron chi connectivity index (χ1n) is 6.98. The molecule has 0 amide bonds. The lowest BCUT2D eigenvalue weighted by molar-refractivity contribution is 0.340. The second-order valence-corrected chi connectivity index (χ2v) is 6.18. The van der Waals surface area contributed by atoms with Crippen molar-refractivity contribution in [1.29, 1.82) is 0 Å². The lowest BCUT2D eigenvalue weighted by atomic mass is 9.87. The van der Waals surface area contributed by atoms with Crippen LogP contribution < -0.4 is 10.6 Å².